The van der Waals surface area contributed by atoms with Gasteiger partial charge in [0, 0.05) is 68.9 Å². The van der Waals surface area contributed by atoms with E-state index in [0.717, 1.165) is 51.9 Å². The highest BCUT2D eigenvalue weighted by Gasteiger charge is 2.39. The van der Waals surface area contributed by atoms with E-state index in [1.54, 1.807) is 12.0 Å². The molecule has 5 rings (SSSR count). The first kappa shape index (κ1) is 30.9. The summed E-state index contributed by atoms with van der Waals surface area (Å²) in [6.45, 7) is 3.16. The summed E-state index contributed by atoms with van der Waals surface area (Å²) >= 11 is 6.51. The average Bonchev–Trinajstić information content (AvgIpc) is 3.60. The Balaban J connectivity index is 1.43. The molecule has 9 nitrogen and oxygen atoms in total. The molecule has 2 amide bonds. The second kappa shape index (κ2) is 13.4. The first-order valence-corrected chi connectivity index (χ1v) is 15.3. The zero-order chi connectivity index (χ0) is 30.7. The molecule has 2 N–H and O–H groups in total. The average molecular weight is 608 g/mol. The lowest BCUT2D eigenvalue weighted by Gasteiger charge is -2.23. The topological polar surface area (TPSA) is 86.4 Å². The van der Waals surface area contributed by atoms with Crippen molar-refractivity contribution in [3.8, 4) is 11.5 Å². The Labute approximate surface area is 259 Å². The maximum atomic E-state index is 14.2. The summed E-state index contributed by atoms with van der Waals surface area (Å²) in [6, 6.07) is 13.6. The van der Waals surface area contributed by atoms with Gasteiger partial charge in [-0.25, -0.2) is 0 Å². The highest BCUT2D eigenvalue weighted by Crippen LogP contribution is 2.45. The highest BCUT2D eigenvalue weighted by atomic mass is 35.5. The van der Waals surface area contributed by atoms with Crippen molar-refractivity contribution in [1.29, 1.82) is 0 Å². The summed E-state index contributed by atoms with van der Waals surface area (Å²) < 4.78 is 11.6. The number of alkyl halides is 1. The Morgan fingerprint density at radius 2 is 1.86 bits per heavy atom. The number of carbonyl (C=O) groups excluding carboxylic acids is 2. The van der Waals surface area contributed by atoms with Crippen LogP contribution in [0.5, 0.6) is 11.5 Å². The summed E-state index contributed by atoms with van der Waals surface area (Å²) in [5, 5.41) is 8.61. The fourth-order valence-corrected chi connectivity index (χ4v) is 6.27. The summed E-state index contributed by atoms with van der Waals surface area (Å²) in [6.07, 6.45) is 0.792. The van der Waals surface area contributed by atoms with Gasteiger partial charge in [-0.1, -0.05) is 24.3 Å². The SMILES string of the molecule is CNCCN(C)C(=O)Cc1cc2c(c3ccccc13)[C@H](CCl)CN2C(=O)C1Cc2cc(OCCN(C)C)c(OC)cc2N1. The monoisotopic (exact) mass is 607 g/mol. The number of ether oxygens (including phenoxy) is 2. The number of likely N-dealkylation sites (N-methyl/N-ethyl adjacent to an activating group) is 3. The second-order valence-electron chi connectivity index (χ2n) is 11.6. The van der Waals surface area contributed by atoms with Gasteiger partial charge in [-0.15, -0.1) is 11.6 Å². The number of hydrogen-bond acceptors (Lipinski definition) is 7. The van der Waals surface area contributed by atoms with Crippen LogP contribution >= 0.6 is 11.6 Å². The van der Waals surface area contributed by atoms with Gasteiger partial charge in [0.1, 0.15) is 12.6 Å². The van der Waals surface area contributed by atoms with Gasteiger partial charge in [0.15, 0.2) is 11.5 Å². The van der Waals surface area contributed by atoms with Crippen molar-refractivity contribution in [3.63, 3.8) is 0 Å². The maximum Gasteiger partial charge on any atom is 0.249 e. The lowest BCUT2D eigenvalue weighted by Crippen LogP contribution is -2.41. The molecule has 0 spiro atoms. The smallest absolute Gasteiger partial charge is 0.249 e. The molecule has 3 aromatic rings. The molecule has 0 aromatic heterocycles. The van der Waals surface area contributed by atoms with Crippen molar-refractivity contribution in [2.24, 2.45) is 0 Å². The normalized spacial score (nSPS) is 17.1. The molecule has 0 saturated carbocycles. The number of nitrogens with zero attached hydrogens (tertiary/aromatic N) is 3. The molecule has 0 radical (unpaired) electrons. The van der Waals surface area contributed by atoms with Gasteiger partial charge in [0.05, 0.1) is 13.5 Å². The van der Waals surface area contributed by atoms with E-state index in [0.29, 0.717) is 43.5 Å². The molecule has 0 fully saturated rings. The number of amides is 2. The number of nitrogens with one attached hydrogen (secondary N) is 2. The minimum Gasteiger partial charge on any atom is -0.493 e. The fourth-order valence-electron chi connectivity index (χ4n) is 6.01. The van der Waals surface area contributed by atoms with Gasteiger partial charge in [-0.3, -0.25) is 9.59 Å². The van der Waals surface area contributed by atoms with Gasteiger partial charge in [0.2, 0.25) is 11.8 Å². The number of anilines is 2. The molecule has 3 aromatic carbocycles. The number of rotatable bonds is 12. The van der Waals surface area contributed by atoms with Crippen LogP contribution in [0.3, 0.4) is 0 Å². The van der Waals surface area contributed by atoms with Crippen LogP contribution in [-0.4, -0.2) is 102 Å². The maximum absolute atomic E-state index is 14.2. The van der Waals surface area contributed by atoms with Gasteiger partial charge >= 0.3 is 0 Å². The summed E-state index contributed by atoms with van der Waals surface area (Å²) in [7, 11) is 9.32. The molecule has 0 aliphatic carbocycles. The van der Waals surface area contributed by atoms with E-state index in [4.69, 9.17) is 21.1 Å². The lowest BCUT2D eigenvalue weighted by atomic mass is 9.92. The largest absolute Gasteiger partial charge is 0.493 e. The molecule has 0 bridgehead atoms. The van der Waals surface area contributed by atoms with E-state index in [2.05, 4.69) is 27.7 Å². The summed E-state index contributed by atoms with van der Waals surface area (Å²) in [4.78, 5) is 33.0. The first-order valence-electron chi connectivity index (χ1n) is 14.8. The Bertz CT molecular complexity index is 1500. The van der Waals surface area contributed by atoms with E-state index in [9.17, 15) is 9.59 Å². The van der Waals surface area contributed by atoms with Crippen molar-refractivity contribution in [2.75, 3.05) is 84.2 Å². The van der Waals surface area contributed by atoms with Crippen molar-refractivity contribution >= 4 is 45.6 Å². The second-order valence-corrected chi connectivity index (χ2v) is 11.9. The number of halogens is 1. The molecule has 0 saturated heterocycles. The number of fused-ring (bicyclic) bond motifs is 4. The lowest BCUT2D eigenvalue weighted by molar-refractivity contribution is -0.129. The molecule has 2 aliphatic heterocycles. The summed E-state index contributed by atoms with van der Waals surface area (Å²) in [5.74, 6) is 1.72. The Kier molecular flexibility index (Phi) is 9.64. The van der Waals surface area contributed by atoms with Gasteiger partial charge < -0.3 is 34.8 Å². The molecule has 43 heavy (non-hydrogen) atoms. The fraction of sp³-hybridized carbons (Fsp3) is 0.455. The molecular formula is C33H42ClN5O4. The van der Waals surface area contributed by atoms with Crippen LogP contribution in [0.15, 0.2) is 42.5 Å². The highest BCUT2D eigenvalue weighted by molar-refractivity contribution is 6.19. The van der Waals surface area contributed by atoms with Crippen LogP contribution < -0.4 is 25.0 Å². The first-order chi connectivity index (χ1) is 20.7. The molecule has 2 atom stereocenters. The Morgan fingerprint density at radius 3 is 2.56 bits per heavy atom. The standard InChI is InChI=1S/C33H42ClN5O4/c1-35-10-11-38(4)31(40)17-21-15-28-32(25-9-7-6-8-24(21)25)23(19-34)20-39(28)33(41)27-14-22-16-30(43-13-12-37(2)3)29(42-5)18-26(22)36-27/h6-9,15-16,18,23,27,35-36H,10-14,17,19-20H2,1-5H3/t23-,27?/m1/s1. The van der Waals surface area contributed by atoms with E-state index in [1.807, 2.05) is 63.4 Å². The van der Waals surface area contributed by atoms with Crippen molar-refractivity contribution in [1.82, 2.24) is 15.1 Å². The predicted molar refractivity (Wildman–Crippen MR) is 173 cm³/mol. The quantitative estimate of drug-likeness (QED) is 0.304. The van der Waals surface area contributed by atoms with E-state index >= 15 is 0 Å². The van der Waals surface area contributed by atoms with Gasteiger partial charge in [0.25, 0.3) is 0 Å². The number of carbonyl (C=O) groups is 2. The minimum atomic E-state index is -0.442. The number of methoxy groups -OCH3 is 1. The number of benzene rings is 3. The molecule has 2 heterocycles. The Morgan fingerprint density at radius 1 is 1.09 bits per heavy atom. The third-order valence-corrected chi connectivity index (χ3v) is 8.78. The van der Waals surface area contributed by atoms with Crippen LogP contribution in [0, 0.1) is 0 Å². The van der Waals surface area contributed by atoms with Crippen LogP contribution in [0.1, 0.15) is 22.6 Å². The summed E-state index contributed by atoms with van der Waals surface area (Å²) in [5.41, 5.74) is 4.72. The van der Waals surface area contributed by atoms with E-state index in [-0.39, 0.29) is 24.2 Å². The van der Waals surface area contributed by atoms with Crippen molar-refractivity contribution < 1.29 is 19.1 Å². The molecule has 230 valence electrons. The molecule has 1 unspecified atom stereocenters. The Hall–Kier alpha value is -3.53. The van der Waals surface area contributed by atoms with E-state index in [1.165, 1.54) is 0 Å². The third kappa shape index (κ3) is 6.39. The predicted octanol–water partition coefficient (Wildman–Crippen LogP) is 3.71. The van der Waals surface area contributed by atoms with Crippen LogP contribution in [-0.2, 0) is 22.4 Å². The minimum absolute atomic E-state index is 0.00542. The van der Waals surface area contributed by atoms with Crippen LogP contribution in [0.2, 0.25) is 0 Å². The van der Waals surface area contributed by atoms with Crippen molar-refractivity contribution in [2.45, 2.75) is 24.8 Å². The number of hydrogen-bond donors (Lipinski definition) is 2. The van der Waals surface area contributed by atoms with Gasteiger partial charge in [-0.2, -0.15) is 0 Å². The zero-order valence-electron chi connectivity index (χ0n) is 25.7. The van der Waals surface area contributed by atoms with Crippen LogP contribution in [0.4, 0.5) is 11.4 Å². The molecule has 10 heteroatoms. The third-order valence-electron chi connectivity index (χ3n) is 8.41. The van der Waals surface area contributed by atoms with Crippen molar-refractivity contribution in [3.05, 3.63) is 59.2 Å². The van der Waals surface area contributed by atoms with Gasteiger partial charge in [-0.05, 0) is 60.7 Å². The van der Waals surface area contributed by atoms with Crippen LogP contribution in [0.25, 0.3) is 10.8 Å². The molecule has 2 aliphatic rings. The zero-order valence-corrected chi connectivity index (χ0v) is 26.5. The molecular weight excluding hydrogens is 566 g/mol. The van der Waals surface area contributed by atoms with E-state index < -0.39 is 6.04 Å².